The van der Waals surface area contributed by atoms with Gasteiger partial charge in [-0.05, 0) is 46.5 Å². The molecule has 0 spiro atoms. The summed E-state index contributed by atoms with van der Waals surface area (Å²) in [5, 5.41) is 18.5. The minimum absolute atomic E-state index is 0.0890. The Hall–Kier alpha value is -0.120. The molecule has 0 bridgehead atoms. The molecule has 1 saturated carbocycles. The molecule has 0 heterocycles. The van der Waals surface area contributed by atoms with E-state index in [2.05, 4.69) is 20.8 Å². The lowest BCUT2D eigenvalue weighted by atomic mass is 9.74. The molecule has 1 aliphatic rings. The van der Waals surface area contributed by atoms with Gasteiger partial charge < -0.3 is 14.9 Å². The largest absolute Gasteiger partial charge is 0.396 e. The summed E-state index contributed by atoms with van der Waals surface area (Å²) >= 11 is 0. The van der Waals surface area contributed by atoms with E-state index < -0.39 is 0 Å². The van der Waals surface area contributed by atoms with E-state index in [-0.39, 0.29) is 30.3 Å². The van der Waals surface area contributed by atoms with E-state index in [1.54, 1.807) is 0 Å². The van der Waals surface area contributed by atoms with Crippen LogP contribution in [0.25, 0.3) is 0 Å². The van der Waals surface area contributed by atoms with Crippen molar-refractivity contribution in [2.75, 3.05) is 13.2 Å². The van der Waals surface area contributed by atoms with Crippen LogP contribution in [-0.4, -0.2) is 35.1 Å². The number of hydrogen-bond acceptors (Lipinski definition) is 3. The highest BCUT2D eigenvalue weighted by molar-refractivity contribution is 4.86. The third kappa shape index (κ3) is 3.74. The summed E-state index contributed by atoms with van der Waals surface area (Å²) in [7, 11) is 0. The lowest BCUT2D eigenvalue weighted by Crippen LogP contribution is -2.39. The molecule has 0 aliphatic heterocycles. The van der Waals surface area contributed by atoms with Crippen molar-refractivity contribution >= 4 is 0 Å². The molecule has 0 aromatic carbocycles. The van der Waals surface area contributed by atoms with E-state index in [1.807, 2.05) is 0 Å². The van der Waals surface area contributed by atoms with E-state index >= 15 is 0 Å². The Balaban J connectivity index is 2.42. The van der Waals surface area contributed by atoms with E-state index in [0.29, 0.717) is 0 Å². The van der Waals surface area contributed by atoms with E-state index in [9.17, 15) is 10.2 Å². The molecular formula is C12H24O3. The molecule has 0 aromatic rings. The van der Waals surface area contributed by atoms with Gasteiger partial charge in [-0.3, -0.25) is 0 Å². The number of rotatable bonds is 3. The number of ether oxygens (including phenoxy) is 1. The van der Waals surface area contributed by atoms with Crippen LogP contribution in [0.1, 0.15) is 46.5 Å². The van der Waals surface area contributed by atoms with Crippen LogP contribution in [0.2, 0.25) is 0 Å². The Bertz CT molecular complexity index is 182. The van der Waals surface area contributed by atoms with Crippen LogP contribution in [-0.2, 0) is 4.74 Å². The van der Waals surface area contributed by atoms with E-state index in [0.717, 1.165) is 25.7 Å². The zero-order valence-electron chi connectivity index (χ0n) is 10.1. The molecular weight excluding hydrogens is 192 g/mol. The van der Waals surface area contributed by atoms with Gasteiger partial charge in [0.05, 0.1) is 24.9 Å². The predicted octanol–water partition coefficient (Wildman–Crippen LogP) is 1.72. The molecule has 0 unspecified atom stereocenters. The molecule has 1 aliphatic carbocycles. The Morgan fingerprint density at radius 3 is 1.93 bits per heavy atom. The van der Waals surface area contributed by atoms with Crippen molar-refractivity contribution in [1.82, 2.24) is 0 Å². The summed E-state index contributed by atoms with van der Waals surface area (Å²) in [5.41, 5.74) is -0.346. The van der Waals surface area contributed by atoms with Crippen molar-refractivity contribution in [2.45, 2.75) is 58.2 Å². The van der Waals surface area contributed by atoms with Gasteiger partial charge in [0.1, 0.15) is 0 Å². The fourth-order valence-electron chi connectivity index (χ4n) is 2.19. The zero-order chi connectivity index (χ0) is 11.5. The van der Waals surface area contributed by atoms with Crippen molar-refractivity contribution in [1.29, 1.82) is 0 Å². The normalized spacial score (nSPS) is 23.0. The molecule has 0 saturated heterocycles. The maximum absolute atomic E-state index is 9.26. The molecule has 15 heavy (non-hydrogen) atoms. The number of aliphatic hydroxyl groups is 2. The van der Waals surface area contributed by atoms with Crippen LogP contribution < -0.4 is 0 Å². The third-order valence-corrected chi connectivity index (χ3v) is 3.18. The SMILES string of the molecule is CC(C)(C)OC1CCC(CO)(CO)CC1. The quantitative estimate of drug-likeness (QED) is 0.755. The molecule has 0 amide bonds. The highest BCUT2D eigenvalue weighted by Gasteiger charge is 2.35. The second-order valence-electron chi connectivity index (χ2n) is 5.75. The maximum atomic E-state index is 9.26. The minimum Gasteiger partial charge on any atom is -0.396 e. The number of aliphatic hydroxyl groups excluding tert-OH is 2. The van der Waals surface area contributed by atoms with Gasteiger partial charge in [0, 0.05) is 5.41 Å². The molecule has 1 rings (SSSR count). The van der Waals surface area contributed by atoms with Crippen molar-refractivity contribution < 1.29 is 14.9 Å². The highest BCUT2D eigenvalue weighted by atomic mass is 16.5. The third-order valence-electron chi connectivity index (χ3n) is 3.18. The first-order chi connectivity index (χ1) is 6.91. The van der Waals surface area contributed by atoms with Crippen LogP contribution in [0.3, 0.4) is 0 Å². The molecule has 1 fully saturated rings. The number of hydrogen-bond donors (Lipinski definition) is 2. The summed E-state index contributed by atoms with van der Waals surface area (Å²) in [6.45, 7) is 6.37. The summed E-state index contributed by atoms with van der Waals surface area (Å²) in [5.74, 6) is 0. The van der Waals surface area contributed by atoms with Gasteiger partial charge in [-0.25, -0.2) is 0 Å². The fourth-order valence-corrected chi connectivity index (χ4v) is 2.19. The predicted molar refractivity (Wildman–Crippen MR) is 59.7 cm³/mol. The minimum atomic E-state index is -0.252. The second-order valence-corrected chi connectivity index (χ2v) is 5.75. The summed E-state index contributed by atoms with van der Waals surface area (Å²) in [4.78, 5) is 0. The fraction of sp³-hybridized carbons (Fsp3) is 1.00. The Morgan fingerprint density at radius 2 is 1.60 bits per heavy atom. The summed E-state index contributed by atoms with van der Waals surface area (Å²) in [6.07, 6.45) is 3.90. The molecule has 0 atom stereocenters. The average Bonchev–Trinajstić information content (AvgIpc) is 2.17. The van der Waals surface area contributed by atoms with Crippen molar-refractivity contribution in [3.63, 3.8) is 0 Å². The Kier molecular flexibility index (Phi) is 4.15. The van der Waals surface area contributed by atoms with Gasteiger partial charge in [0.2, 0.25) is 0 Å². The molecule has 2 N–H and O–H groups in total. The van der Waals surface area contributed by atoms with Crippen LogP contribution in [0, 0.1) is 5.41 Å². The summed E-state index contributed by atoms with van der Waals surface area (Å²) in [6, 6.07) is 0. The first kappa shape index (κ1) is 12.9. The maximum Gasteiger partial charge on any atom is 0.0602 e. The Morgan fingerprint density at radius 1 is 1.13 bits per heavy atom. The van der Waals surface area contributed by atoms with Crippen molar-refractivity contribution in [3.05, 3.63) is 0 Å². The Labute approximate surface area is 92.4 Å². The van der Waals surface area contributed by atoms with Gasteiger partial charge in [-0.15, -0.1) is 0 Å². The van der Waals surface area contributed by atoms with Gasteiger partial charge in [0.15, 0.2) is 0 Å². The first-order valence-electron chi connectivity index (χ1n) is 5.80. The molecule has 0 radical (unpaired) electrons. The van der Waals surface area contributed by atoms with Crippen LogP contribution in [0.5, 0.6) is 0 Å². The van der Waals surface area contributed by atoms with Crippen LogP contribution in [0.4, 0.5) is 0 Å². The monoisotopic (exact) mass is 216 g/mol. The lowest BCUT2D eigenvalue weighted by Gasteiger charge is -2.39. The highest BCUT2D eigenvalue weighted by Crippen LogP contribution is 2.37. The van der Waals surface area contributed by atoms with Crippen LogP contribution in [0.15, 0.2) is 0 Å². The lowest BCUT2D eigenvalue weighted by molar-refractivity contribution is -0.0994. The smallest absolute Gasteiger partial charge is 0.0602 e. The second kappa shape index (κ2) is 4.81. The van der Waals surface area contributed by atoms with Crippen molar-refractivity contribution in [3.8, 4) is 0 Å². The first-order valence-corrected chi connectivity index (χ1v) is 5.80. The average molecular weight is 216 g/mol. The van der Waals surface area contributed by atoms with E-state index in [4.69, 9.17) is 4.74 Å². The topological polar surface area (TPSA) is 49.7 Å². The standard InChI is InChI=1S/C12H24O3/c1-11(2,3)15-10-4-6-12(8-13,9-14)7-5-10/h10,13-14H,4-9H2,1-3H3. The molecule has 3 nitrogen and oxygen atoms in total. The van der Waals surface area contributed by atoms with Crippen molar-refractivity contribution in [2.24, 2.45) is 5.41 Å². The van der Waals surface area contributed by atoms with Gasteiger partial charge in [-0.2, -0.15) is 0 Å². The molecule has 0 aromatic heterocycles. The van der Waals surface area contributed by atoms with E-state index in [1.165, 1.54) is 0 Å². The van der Waals surface area contributed by atoms with Gasteiger partial charge >= 0.3 is 0 Å². The zero-order valence-corrected chi connectivity index (χ0v) is 10.1. The summed E-state index contributed by atoms with van der Waals surface area (Å²) < 4.78 is 5.90. The van der Waals surface area contributed by atoms with Gasteiger partial charge in [-0.1, -0.05) is 0 Å². The molecule has 90 valence electrons. The van der Waals surface area contributed by atoms with Crippen LogP contribution >= 0.6 is 0 Å². The van der Waals surface area contributed by atoms with Gasteiger partial charge in [0.25, 0.3) is 0 Å². The molecule has 3 heteroatoms.